The summed E-state index contributed by atoms with van der Waals surface area (Å²) in [6.45, 7) is 2.12. The maximum absolute atomic E-state index is 5.77. The number of nitrogen functional groups attached to an aromatic ring is 1. The first-order chi connectivity index (χ1) is 8.28. The molecule has 5 heteroatoms. The molecule has 0 saturated carbocycles. The number of aryl methyl sites for hydroxylation is 1. The van der Waals surface area contributed by atoms with Gasteiger partial charge in [0, 0.05) is 15.8 Å². The quantitative estimate of drug-likeness (QED) is 0.728. The lowest BCUT2D eigenvalue weighted by Gasteiger charge is -2.00. The third-order valence-electron chi connectivity index (χ3n) is 2.75. The van der Waals surface area contributed by atoms with E-state index in [4.69, 9.17) is 5.73 Å². The molecule has 0 unspecified atom stereocenters. The van der Waals surface area contributed by atoms with Gasteiger partial charge in [-0.05, 0) is 18.6 Å². The summed E-state index contributed by atoms with van der Waals surface area (Å²) in [5.41, 5.74) is 8.91. The monoisotopic (exact) mass is 244 g/mol. The molecule has 0 amide bonds. The zero-order valence-corrected chi connectivity index (χ0v) is 10.2. The third kappa shape index (κ3) is 1.68. The fourth-order valence-electron chi connectivity index (χ4n) is 1.93. The molecule has 0 saturated heterocycles. The minimum Gasteiger partial charge on any atom is -0.375 e. The number of nitrogens with one attached hydrogen (secondary N) is 1. The number of hydrogen-bond acceptors (Lipinski definition) is 4. The van der Waals surface area contributed by atoms with E-state index in [0.29, 0.717) is 5.13 Å². The third-order valence-corrected chi connectivity index (χ3v) is 3.78. The molecule has 0 aliphatic heterocycles. The Kier molecular flexibility index (Phi) is 2.33. The van der Waals surface area contributed by atoms with Gasteiger partial charge in [-0.2, -0.15) is 5.10 Å². The van der Waals surface area contributed by atoms with Crippen LogP contribution in [-0.2, 0) is 6.42 Å². The first-order valence-electron chi connectivity index (χ1n) is 5.46. The van der Waals surface area contributed by atoms with Crippen molar-refractivity contribution in [1.82, 2.24) is 15.2 Å². The second-order valence-electron chi connectivity index (χ2n) is 3.85. The Labute approximate surface area is 102 Å². The molecular formula is C12H12N4S. The Morgan fingerprint density at radius 3 is 3.12 bits per heavy atom. The van der Waals surface area contributed by atoms with Gasteiger partial charge in [-0.25, -0.2) is 4.98 Å². The van der Waals surface area contributed by atoms with Crippen molar-refractivity contribution < 1.29 is 0 Å². The van der Waals surface area contributed by atoms with Crippen molar-refractivity contribution >= 4 is 27.4 Å². The number of hydrogen-bond donors (Lipinski definition) is 2. The standard InChI is InChI=1S/C12H12N4S/c1-2-10-11(15-12(13)17-10)7-3-4-9-8(5-7)6-14-16-9/h3-6H,2H2,1H3,(H2,13,15)(H,14,16). The summed E-state index contributed by atoms with van der Waals surface area (Å²) >= 11 is 1.56. The lowest BCUT2D eigenvalue weighted by Crippen LogP contribution is -1.85. The Morgan fingerprint density at radius 2 is 2.29 bits per heavy atom. The predicted octanol–water partition coefficient (Wildman–Crippen LogP) is 2.83. The van der Waals surface area contributed by atoms with E-state index in [1.807, 2.05) is 18.3 Å². The van der Waals surface area contributed by atoms with Gasteiger partial charge in [0.1, 0.15) is 0 Å². The van der Waals surface area contributed by atoms with Gasteiger partial charge in [0.2, 0.25) is 0 Å². The highest BCUT2D eigenvalue weighted by molar-refractivity contribution is 7.15. The molecule has 3 rings (SSSR count). The number of fused-ring (bicyclic) bond motifs is 1. The SMILES string of the molecule is CCc1sc(N)nc1-c1ccc2[nH]ncc2c1. The first kappa shape index (κ1) is 10.3. The van der Waals surface area contributed by atoms with E-state index in [-0.39, 0.29) is 0 Å². The van der Waals surface area contributed by atoms with Crippen LogP contribution >= 0.6 is 11.3 Å². The van der Waals surface area contributed by atoms with E-state index >= 15 is 0 Å². The van der Waals surface area contributed by atoms with E-state index in [1.54, 1.807) is 11.3 Å². The van der Waals surface area contributed by atoms with E-state index in [1.165, 1.54) is 4.88 Å². The van der Waals surface area contributed by atoms with Crippen LogP contribution in [-0.4, -0.2) is 15.2 Å². The first-order valence-corrected chi connectivity index (χ1v) is 6.28. The molecule has 0 atom stereocenters. The molecule has 3 aromatic rings. The van der Waals surface area contributed by atoms with Gasteiger partial charge in [0.05, 0.1) is 17.4 Å². The summed E-state index contributed by atoms with van der Waals surface area (Å²) in [5.74, 6) is 0. The maximum atomic E-state index is 5.77. The Hall–Kier alpha value is -1.88. The molecule has 0 fully saturated rings. The number of benzene rings is 1. The van der Waals surface area contributed by atoms with Crippen LogP contribution in [0.5, 0.6) is 0 Å². The van der Waals surface area contributed by atoms with Crippen molar-refractivity contribution in [2.24, 2.45) is 0 Å². The van der Waals surface area contributed by atoms with Crippen LogP contribution in [0.1, 0.15) is 11.8 Å². The second-order valence-corrected chi connectivity index (χ2v) is 4.96. The lowest BCUT2D eigenvalue weighted by molar-refractivity contribution is 1.12. The molecule has 1 aromatic carbocycles. The van der Waals surface area contributed by atoms with Crippen LogP contribution in [0.25, 0.3) is 22.2 Å². The molecule has 0 aliphatic rings. The summed E-state index contributed by atoms with van der Waals surface area (Å²) in [7, 11) is 0. The van der Waals surface area contributed by atoms with Crippen LogP contribution in [0.4, 0.5) is 5.13 Å². The van der Waals surface area contributed by atoms with Gasteiger partial charge < -0.3 is 5.73 Å². The summed E-state index contributed by atoms with van der Waals surface area (Å²) in [6, 6.07) is 6.16. The summed E-state index contributed by atoms with van der Waals surface area (Å²) in [6.07, 6.45) is 2.77. The zero-order chi connectivity index (χ0) is 11.8. The number of anilines is 1. The normalized spacial score (nSPS) is 11.1. The number of thiazole rings is 1. The van der Waals surface area contributed by atoms with Crippen molar-refractivity contribution in [2.45, 2.75) is 13.3 Å². The number of H-pyrrole nitrogens is 1. The average molecular weight is 244 g/mol. The van der Waals surface area contributed by atoms with E-state index < -0.39 is 0 Å². The van der Waals surface area contributed by atoms with Crippen LogP contribution < -0.4 is 5.73 Å². The molecule has 4 nitrogen and oxygen atoms in total. The highest BCUT2D eigenvalue weighted by Crippen LogP contribution is 2.31. The molecule has 17 heavy (non-hydrogen) atoms. The van der Waals surface area contributed by atoms with Gasteiger partial charge in [-0.3, -0.25) is 5.10 Å². The maximum Gasteiger partial charge on any atom is 0.180 e. The number of rotatable bonds is 2. The average Bonchev–Trinajstić information content (AvgIpc) is 2.93. The van der Waals surface area contributed by atoms with Crippen LogP contribution in [0, 0.1) is 0 Å². The Balaban J connectivity index is 2.18. The summed E-state index contributed by atoms with van der Waals surface area (Å²) in [5, 5.41) is 8.68. The fraction of sp³-hybridized carbons (Fsp3) is 0.167. The van der Waals surface area contributed by atoms with Crippen molar-refractivity contribution in [3.63, 3.8) is 0 Å². The van der Waals surface area contributed by atoms with Gasteiger partial charge >= 0.3 is 0 Å². The number of aromatic amines is 1. The summed E-state index contributed by atoms with van der Waals surface area (Å²) in [4.78, 5) is 5.64. The van der Waals surface area contributed by atoms with Gasteiger partial charge in [0.25, 0.3) is 0 Å². The van der Waals surface area contributed by atoms with Crippen molar-refractivity contribution in [2.75, 3.05) is 5.73 Å². The van der Waals surface area contributed by atoms with Crippen LogP contribution in [0.15, 0.2) is 24.4 Å². The zero-order valence-electron chi connectivity index (χ0n) is 9.40. The van der Waals surface area contributed by atoms with E-state index in [0.717, 1.165) is 28.6 Å². The molecule has 0 aliphatic carbocycles. The van der Waals surface area contributed by atoms with E-state index in [2.05, 4.69) is 28.2 Å². The molecular weight excluding hydrogens is 232 g/mol. The molecule has 2 aromatic heterocycles. The minimum absolute atomic E-state index is 0.629. The molecule has 86 valence electrons. The molecule has 0 bridgehead atoms. The summed E-state index contributed by atoms with van der Waals surface area (Å²) < 4.78 is 0. The highest BCUT2D eigenvalue weighted by atomic mass is 32.1. The second kappa shape index (κ2) is 3.85. The molecule has 2 heterocycles. The number of nitrogens with zero attached hydrogens (tertiary/aromatic N) is 2. The van der Waals surface area contributed by atoms with Crippen molar-refractivity contribution in [3.05, 3.63) is 29.3 Å². The van der Waals surface area contributed by atoms with Gasteiger partial charge in [-0.15, -0.1) is 11.3 Å². The minimum atomic E-state index is 0.629. The molecule has 3 N–H and O–H groups in total. The van der Waals surface area contributed by atoms with E-state index in [9.17, 15) is 0 Å². The van der Waals surface area contributed by atoms with Crippen LogP contribution in [0.3, 0.4) is 0 Å². The molecule has 0 spiro atoms. The number of nitrogens with two attached hydrogens (primary N) is 1. The lowest BCUT2D eigenvalue weighted by atomic mass is 10.1. The topological polar surface area (TPSA) is 67.6 Å². The smallest absolute Gasteiger partial charge is 0.180 e. The Bertz CT molecular complexity index is 668. The fourth-order valence-corrected chi connectivity index (χ4v) is 2.72. The highest BCUT2D eigenvalue weighted by Gasteiger charge is 2.10. The molecule has 0 radical (unpaired) electrons. The van der Waals surface area contributed by atoms with Gasteiger partial charge in [0.15, 0.2) is 5.13 Å². The predicted molar refractivity (Wildman–Crippen MR) is 71.0 cm³/mol. The van der Waals surface area contributed by atoms with Gasteiger partial charge in [-0.1, -0.05) is 13.0 Å². The van der Waals surface area contributed by atoms with Crippen molar-refractivity contribution in [1.29, 1.82) is 0 Å². The number of aromatic nitrogens is 3. The van der Waals surface area contributed by atoms with Crippen LogP contribution in [0.2, 0.25) is 0 Å². The Morgan fingerprint density at radius 1 is 1.41 bits per heavy atom. The van der Waals surface area contributed by atoms with Crippen molar-refractivity contribution in [3.8, 4) is 11.3 Å². The largest absolute Gasteiger partial charge is 0.375 e.